The molecule has 0 rings (SSSR count). The first-order valence-electron chi connectivity index (χ1n) is 19.6. The number of rotatable bonds is 34. The van der Waals surface area contributed by atoms with Crippen molar-refractivity contribution in [1.29, 1.82) is 0 Å². The van der Waals surface area contributed by atoms with Gasteiger partial charge in [0.2, 0.25) is 5.91 Å². The third-order valence-electron chi connectivity index (χ3n) is 9.13. The Labute approximate surface area is 276 Å². The van der Waals surface area contributed by atoms with Gasteiger partial charge in [-0.25, -0.2) is 0 Å². The Morgan fingerprint density at radius 2 is 0.886 bits per heavy atom. The summed E-state index contributed by atoms with van der Waals surface area (Å²) in [6.07, 6.45) is 38.8. The standard InChI is InChI=1S/C40H79NO3/c1-36(2)31-27-23-19-15-12-10-8-6-5-7-9-11-13-18-22-26-30-34-40(44)41-38(35-42)39(43)33-29-25-21-17-14-16-20-24-28-32-37(3)4/h29,33,36-39,42-43H,5-28,30-32,34-35H2,1-4H3,(H,41,44). The molecule has 0 bridgehead atoms. The van der Waals surface area contributed by atoms with Gasteiger partial charge in [-0.15, -0.1) is 0 Å². The van der Waals surface area contributed by atoms with Crippen LogP contribution in [0.1, 0.15) is 207 Å². The molecule has 0 aliphatic carbocycles. The average molecular weight is 622 g/mol. The Balaban J connectivity index is 3.54. The molecular weight excluding hydrogens is 542 g/mol. The van der Waals surface area contributed by atoms with Crippen LogP contribution >= 0.6 is 0 Å². The van der Waals surface area contributed by atoms with E-state index in [2.05, 4.69) is 33.0 Å². The van der Waals surface area contributed by atoms with Gasteiger partial charge in [0.15, 0.2) is 0 Å². The summed E-state index contributed by atoms with van der Waals surface area (Å²) in [4.78, 5) is 12.3. The molecule has 0 aromatic rings. The molecule has 262 valence electrons. The van der Waals surface area contributed by atoms with E-state index in [0.29, 0.717) is 6.42 Å². The van der Waals surface area contributed by atoms with Gasteiger partial charge in [0.05, 0.1) is 18.8 Å². The fourth-order valence-corrected chi connectivity index (χ4v) is 6.08. The lowest BCUT2D eigenvalue weighted by atomic mass is 10.0. The molecule has 44 heavy (non-hydrogen) atoms. The number of nitrogens with one attached hydrogen (secondary N) is 1. The number of aliphatic hydroxyl groups is 2. The smallest absolute Gasteiger partial charge is 0.220 e. The molecule has 0 aliphatic rings. The minimum absolute atomic E-state index is 0.0634. The maximum Gasteiger partial charge on any atom is 0.220 e. The highest BCUT2D eigenvalue weighted by atomic mass is 16.3. The molecular formula is C40H79NO3. The van der Waals surface area contributed by atoms with Crippen LogP contribution in [-0.2, 0) is 4.79 Å². The molecule has 0 aromatic heterocycles. The van der Waals surface area contributed by atoms with E-state index < -0.39 is 12.1 Å². The molecule has 0 aliphatic heterocycles. The number of unbranched alkanes of at least 4 members (excludes halogenated alkanes) is 23. The van der Waals surface area contributed by atoms with Gasteiger partial charge >= 0.3 is 0 Å². The molecule has 0 saturated heterocycles. The highest BCUT2D eigenvalue weighted by Crippen LogP contribution is 2.16. The SMILES string of the molecule is CC(C)CCCCCCCCCC=CC(O)C(CO)NC(=O)CCCCCCCCCCCCCCCCCCCC(C)C. The Morgan fingerprint density at radius 1 is 0.545 bits per heavy atom. The Kier molecular flexibility index (Phi) is 32.8. The van der Waals surface area contributed by atoms with Crippen LogP contribution in [0.4, 0.5) is 0 Å². The van der Waals surface area contributed by atoms with Crippen molar-refractivity contribution < 1.29 is 15.0 Å². The summed E-state index contributed by atoms with van der Waals surface area (Å²) in [5.41, 5.74) is 0. The predicted molar refractivity (Wildman–Crippen MR) is 193 cm³/mol. The van der Waals surface area contributed by atoms with Crippen LogP contribution in [0.2, 0.25) is 0 Å². The summed E-state index contributed by atoms with van der Waals surface area (Å²) in [7, 11) is 0. The van der Waals surface area contributed by atoms with Crippen LogP contribution in [0.25, 0.3) is 0 Å². The van der Waals surface area contributed by atoms with Gasteiger partial charge in [-0.2, -0.15) is 0 Å². The van der Waals surface area contributed by atoms with Crippen molar-refractivity contribution >= 4 is 5.91 Å². The zero-order valence-electron chi connectivity index (χ0n) is 30.3. The number of hydrogen-bond donors (Lipinski definition) is 3. The van der Waals surface area contributed by atoms with E-state index in [1.165, 1.54) is 148 Å². The van der Waals surface area contributed by atoms with Crippen molar-refractivity contribution in [3.8, 4) is 0 Å². The van der Waals surface area contributed by atoms with Gasteiger partial charge in [-0.1, -0.05) is 194 Å². The van der Waals surface area contributed by atoms with Gasteiger partial charge in [0.1, 0.15) is 0 Å². The maximum atomic E-state index is 12.3. The molecule has 0 fully saturated rings. The summed E-state index contributed by atoms with van der Waals surface area (Å²) in [6, 6.07) is -0.617. The largest absolute Gasteiger partial charge is 0.394 e. The normalized spacial score (nSPS) is 13.4. The zero-order chi connectivity index (χ0) is 32.5. The van der Waals surface area contributed by atoms with Crippen molar-refractivity contribution in [3.05, 3.63) is 12.2 Å². The zero-order valence-corrected chi connectivity index (χ0v) is 30.3. The van der Waals surface area contributed by atoms with Crippen molar-refractivity contribution in [3.63, 3.8) is 0 Å². The molecule has 4 nitrogen and oxygen atoms in total. The molecule has 0 aromatic carbocycles. The summed E-state index contributed by atoms with van der Waals surface area (Å²) < 4.78 is 0. The third-order valence-corrected chi connectivity index (χ3v) is 9.13. The lowest BCUT2D eigenvalue weighted by Crippen LogP contribution is -2.45. The lowest BCUT2D eigenvalue weighted by Gasteiger charge is -2.20. The minimum atomic E-state index is -0.834. The topological polar surface area (TPSA) is 69.6 Å². The second kappa shape index (κ2) is 33.5. The van der Waals surface area contributed by atoms with Crippen LogP contribution in [0, 0.1) is 11.8 Å². The van der Waals surface area contributed by atoms with E-state index in [-0.39, 0.29) is 12.5 Å². The van der Waals surface area contributed by atoms with Gasteiger partial charge in [-0.3, -0.25) is 4.79 Å². The number of aliphatic hydroxyl groups excluding tert-OH is 2. The molecule has 2 unspecified atom stereocenters. The Morgan fingerprint density at radius 3 is 1.25 bits per heavy atom. The summed E-state index contributed by atoms with van der Waals surface area (Å²) in [5.74, 6) is 1.63. The highest BCUT2D eigenvalue weighted by Gasteiger charge is 2.17. The van der Waals surface area contributed by atoms with Gasteiger partial charge in [0, 0.05) is 6.42 Å². The molecule has 0 spiro atoms. The molecule has 0 saturated carbocycles. The first kappa shape index (κ1) is 43.1. The number of carbonyl (C=O) groups excluding carboxylic acids is 1. The van der Waals surface area contributed by atoms with Crippen LogP contribution in [0.15, 0.2) is 12.2 Å². The number of allylic oxidation sites excluding steroid dienone is 1. The first-order chi connectivity index (χ1) is 21.4. The molecule has 0 heterocycles. The van der Waals surface area contributed by atoms with Gasteiger partial charge in [-0.05, 0) is 31.1 Å². The highest BCUT2D eigenvalue weighted by molar-refractivity contribution is 5.76. The van der Waals surface area contributed by atoms with Gasteiger partial charge in [0.25, 0.3) is 0 Å². The van der Waals surface area contributed by atoms with Crippen LogP contribution in [-0.4, -0.2) is 34.9 Å². The second-order valence-corrected chi connectivity index (χ2v) is 14.7. The van der Waals surface area contributed by atoms with Crippen molar-refractivity contribution in [2.45, 2.75) is 220 Å². The lowest BCUT2D eigenvalue weighted by molar-refractivity contribution is -0.123. The van der Waals surface area contributed by atoms with E-state index in [9.17, 15) is 15.0 Å². The molecule has 4 heteroatoms. The molecule has 2 atom stereocenters. The Bertz CT molecular complexity index is 618. The van der Waals surface area contributed by atoms with E-state index in [4.69, 9.17) is 0 Å². The third kappa shape index (κ3) is 32.5. The Hall–Kier alpha value is -0.870. The average Bonchev–Trinajstić information content (AvgIpc) is 2.99. The van der Waals surface area contributed by atoms with E-state index in [1.807, 2.05) is 6.08 Å². The fourth-order valence-electron chi connectivity index (χ4n) is 6.08. The minimum Gasteiger partial charge on any atom is -0.394 e. The van der Waals surface area contributed by atoms with E-state index in [1.54, 1.807) is 6.08 Å². The summed E-state index contributed by atoms with van der Waals surface area (Å²) >= 11 is 0. The number of carbonyl (C=O) groups is 1. The molecule has 1 amide bonds. The molecule has 3 N–H and O–H groups in total. The van der Waals surface area contributed by atoms with Crippen LogP contribution < -0.4 is 5.32 Å². The maximum absolute atomic E-state index is 12.3. The fraction of sp³-hybridized carbons (Fsp3) is 0.925. The van der Waals surface area contributed by atoms with E-state index >= 15 is 0 Å². The summed E-state index contributed by atoms with van der Waals surface area (Å²) in [5, 5.41) is 22.9. The monoisotopic (exact) mass is 622 g/mol. The predicted octanol–water partition coefficient (Wildman–Crippen LogP) is 11.6. The molecule has 0 radical (unpaired) electrons. The number of hydrogen-bond acceptors (Lipinski definition) is 3. The quantitative estimate of drug-likeness (QED) is 0.0494. The van der Waals surface area contributed by atoms with Crippen molar-refractivity contribution in [2.75, 3.05) is 6.61 Å². The van der Waals surface area contributed by atoms with E-state index in [0.717, 1.165) is 37.5 Å². The van der Waals surface area contributed by atoms with Gasteiger partial charge < -0.3 is 15.5 Å². The first-order valence-corrected chi connectivity index (χ1v) is 19.6. The van der Waals surface area contributed by atoms with Crippen molar-refractivity contribution in [1.82, 2.24) is 5.32 Å². The van der Waals surface area contributed by atoms with Crippen molar-refractivity contribution in [2.24, 2.45) is 11.8 Å². The number of amides is 1. The van der Waals surface area contributed by atoms with Crippen LogP contribution in [0.5, 0.6) is 0 Å². The van der Waals surface area contributed by atoms with Crippen LogP contribution in [0.3, 0.4) is 0 Å². The second-order valence-electron chi connectivity index (χ2n) is 14.7. The summed E-state index contributed by atoms with van der Waals surface area (Å²) in [6.45, 7) is 9.00.